The van der Waals surface area contributed by atoms with E-state index in [9.17, 15) is 5.11 Å². The monoisotopic (exact) mass is 202 g/mol. The molecular weight excluding hydrogens is 180 g/mol. The predicted octanol–water partition coefficient (Wildman–Crippen LogP) is 1.59. The minimum Gasteiger partial charge on any atom is -0.388 e. The van der Waals surface area contributed by atoms with E-state index in [1.165, 1.54) is 12.8 Å². The second-order valence-electron chi connectivity index (χ2n) is 4.17. The van der Waals surface area contributed by atoms with Gasteiger partial charge in [0.05, 0.1) is 12.2 Å². The third kappa shape index (κ3) is 2.69. The van der Waals surface area contributed by atoms with E-state index >= 15 is 0 Å². The quantitative estimate of drug-likeness (QED) is 0.752. The molecule has 0 heterocycles. The zero-order chi connectivity index (χ0) is 10.6. The molecule has 0 aromatic rings. The van der Waals surface area contributed by atoms with Crippen LogP contribution in [0.25, 0.3) is 0 Å². The summed E-state index contributed by atoms with van der Waals surface area (Å²) in [5.41, 5.74) is 0. The molecule has 0 saturated heterocycles. The topological polar surface area (TPSA) is 38.7 Å². The minimum absolute atomic E-state index is 0.0507. The fourth-order valence-electron chi connectivity index (χ4n) is 2.39. The molecule has 1 fully saturated rings. The van der Waals surface area contributed by atoms with Crippen molar-refractivity contribution in [3.63, 3.8) is 0 Å². The normalized spacial score (nSPS) is 38.6. The summed E-state index contributed by atoms with van der Waals surface area (Å²) in [5.74, 6) is 0.637. The lowest BCUT2D eigenvalue weighted by Crippen LogP contribution is -2.46. The number of aliphatic hydroxyl groups excluding tert-OH is 1. The highest BCUT2D eigenvalue weighted by Gasteiger charge is 2.36. The lowest BCUT2D eigenvalue weighted by Gasteiger charge is -2.37. The van der Waals surface area contributed by atoms with Gasteiger partial charge in [-0.3, -0.25) is 0 Å². The van der Waals surface area contributed by atoms with Gasteiger partial charge < -0.3 is 14.6 Å². The molecule has 1 rings (SSSR count). The summed E-state index contributed by atoms with van der Waals surface area (Å²) < 4.78 is 10.6. The second kappa shape index (κ2) is 5.69. The Labute approximate surface area is 86.4 Å². The summed E-state index contributed by atoms with van der Waals surface area (Å²) in [6.07, 6.45) is 3.75. The van der Waals surface area contributed by atoms with Crippen LogP contribution < -0.4 is 0 Å². The third-order valence-electron chi connectivity index (χ3n) is 3.20. The smallest absolute Gasteiger partial charge is 0.106 e. The Balaban J connectivity index is 2.53. The summed E-state index contributed by atoms with van der Waals surface area (Å²) in [4.78, 5) is 0. The molecule has 14 heavy (non-hydrogen) atoms. The van der Waals surface area contributed by atoms with Gasteiger partial charge in [-0.25, -0.2) is 0 Å². The van der Waals surface area contributed by atoms with Crippen molar-refractivity contribution >= 4 is 0 Å². The summed E-state index contributed by atoms with van der Waals surface area (Å²) >= 11 is 0. The van der Waals surface area contributed by atoms with Gasteiger partial charge in [0.15, 0.2) is 0 Å². The molecule has 2 atom stereocenters. The van der Waals surface area contributed by atoms with Crippen molar-refractivity contribution in [1.29, 1.82) is 0 Å². The van der Waals surface area contributed by atoms with Crippen molar-refractivity contribution < 1.29 is 14.6 Å². The Morgan fingerprint density at radius 3 is 2.00 bits per heavy atom. The second-order valence-corrected chi connectivity index (χ2v) is 4.17. The van der Waals surface area contributed by atoms with Gasteiger partial charge >= 0.3 is 0 Å². The van der Waals surface area contributed by atoms with Gasteiger partial charge in [0.25, 0.3) is 0 Å². The zero-order valence-corrected chi connectivity index (χ0v) is 9.40. The van der Waals surface area contributed by atoms with E-state index in [4.69, 9.17) is 9.47 Å². The van der Waals surface area contributed by atoms with E-state index < -0.39 is 6.10 Å². The van der Waals surface area contributed by atoms with Crippen LogP contribution in [0.3, 0.4) is 0 Å². The number of ether oxygens (including phenoxy) is 2. The van der Waals surface area contributed by atoms with Crippen LogP contribution in [0.15, 0.2) is 0 Å². The van der Waals surface area contributed by atoms with Crippen LogP contribution in [0.5, 0.6) is 0 Å². The van der Waals surface area contributed by atoms with Crippen LogP contribution in [-0.2, 0) is 9.47 Å². The molecule has 0 aliphatic heterocycles. The van der Waals surface area contributed by atoms with Crippen molar-refractivity contribution in [3.05, 3.63) is 0 Å². The van der Waals surface area contributed by atoms with E-state index in [2.05, 4.69) is 6.92 Å². The van der Waals surface area contributed by atoms with Crippen molar-refractivity contribution in [2.24, 2.45) is 5.92 Å². The maximum absolute atomic E-state index is 9.86. The Morgan fingerprint density at radius 2 is 1.64 bits per heavy atom. The standard InChI is InChI=1S/C11H22O3/c1-4-5-8-6-9(13-2)11(12)10(7-8)14-3/h8-12H,4-7H2,1-3H3. The van der Waals surface area contributed by atoms with Gasteiger partial charge in [-0.2, -0.15) is 0 Å². The average molecular weight is 202 g/mol. The first-order valence-electron chi connectivity index (χ1n) is 5.46. The summed E-state index contributed by atoms with van der Waals surface area (Å²) in [7, 11) is 3.32. The van der Waals surface area contributed by atoms with Crippen LogP contribution in [0.1, 0.15) is 32.6 Å². The highest BCUT2D eigenvalue weighted by molar-refractivity contribution is 4.87. The molecule has 2 unspecified atom stereocenters. The van der Waals surface area contributed by atoms with Gasteiger partial charge in [-0.15, -0.1) is 0 Å². The summed E-state index contributed by atoms with van der Waals surface area (Å²) in [6.45, 7) is 2.19. The van der Waals surface area contributed by atoms with Gasteiger partial charge in [0.2, 0.25) is 0 Å². The molecule has 84 valence electrons. The van der Waals surface area contributed by atoms with Gasteiger partial charge in [-0.1, -0.05) is 19.8 Å². The molecule has 0 aromatic carbocycles. The van der Waals surface area contributed by atoms with E-state index in [1.807, 2.05) is 0 Å². The van der Waals surface area contributed by atoms with Crippen molar-refractivity contribution in [2.75, 3.05) is 14.2 Å². The first-order chi connectivity index (χ1) is 6.72. The molecule has 3 heteroatoms. The maximum atomic E-state index is 9.86. The Morgan fingerprint density at radius 1 is 1.14 bits per heavy atom. The number of methoxy groups -OCH3 is 2. The molecule has 0 spiro atoms. The molecule has 1 aliphatic carbocycles. The highest BCUT2D eigenvalue weighted by atomic mass is 16.5. The molecule has 0 bridgehead atoms. The fraction of sp³-hybridized carbons (Fsp3) is 1.00. The van der Waals surface area contributed by atoms with Crippen molar-refractivity contribution in [1.82, 2.24) is 0 Å². The number of aliphatic hydroxyl groups is 1. The van der Waals surface area contributed by atoms with E-state index in [1.54, 1.807) is 14.2 Å². The molecule has 0 amide bonds. The molecular formula is C11H22O3. The SMILES string of the molecule is CCCC1CC(OC)C(O)C(OC)C1. The Hall–Kier alpha value is -0.120. The van der Waals surface area contributed by atoms with E-state index in [0.717, 1.165) is 12.8 Å². The van der Waals surface area contributed by atoms with E-state index in [0.29, 0.717) is 5.92 Å². The predicted molar refractivity (Wildman–Crippen MR) is 55.2 cm³/mol. The van der Waals surface area contributed by atoms with E-state index in [-0.39, 0.29) is 12.2 Å². The number of rotatable bonds is 4. The van der Waals surface area contributed by atoms with Gasteiger partial charge in [0, 0.05) is 14.2 Å². The van der Waals surface area contributed by atoms with Crippen LogP contribution in [0, 0.1) is 5.92 Å². The largest absolute Gasteiger partial charge is 0.388 e. The molecule has 1 aliphatic rings. The lowest BCUT2D eigenvalue weighted by atomic mass is 9.81. The highest BCUT2D eigenvalue weighted by Crippen LogP contribution is 2.31. The molecule has 1 saturated carbocycles. The number of hydrogen-bond donors (Lipinski definition) is 1. The van der Waals surface area contributed by atoms with Crippen LogP contribution in [0.2, 0.25) is 0 Å². The number of hydrogen-bond acceptors (Lipinski definition) is 3. The summed E-state index contributed by atoms with van der Waals surface area (Å²) in [6, 6.07) is 0. The average Bonchev–Trinajstić information content (AvgIpc) is 2.20. The maximum Gasteiger partial charge on any atom is 0.106 e. The van der Waals surface area contributed by atoms with Gasteiger partial charge in [-0.05, 0) is 18.8 Å². The van der Waals surface area contributed by atoms with Crippen LogP contribution in [-0.4, -0.2) is 37.6 Å². The molecule has 3 nitrogen and oxygen atoms in total. The molecule has 1 N–H and O–H groups in total. The van der Waals surface area contributed by atoms with Crippen molar-refractivity contribution in [2.45, 2.75) is 50.9 Å². The minimum atomic E-state index is -0.460. The third-order valence-corrected chi connectivity index (χ3v) is 3.20. The van der Waals surface area contributed by atoms with Crippen LogP contribution in [0.4, 0.5) is 0 Å². The van der Waals surface area contributed by atoms with Gasteiger partial charge in [0.1, 0.15) is 6.10 Å². The van der Waals surface area contributed by atoms with Crippen LogP contribution >= 0.6 is 0 Å². The first kappa shape index (κ1) is 12.0. The first-order valence-corrected chi connectivity index (χ1v) is 5.46. The zero-order valence-electron chi connectivity index (χ0n) is 9.40. The Kier molecular flexibility index (Phi) is 4.85. The molecule has 0 radical (unpaired) electrons. The summed E-state index contributed by atoms with van der Waals surface area (Å²) in [5, 5.41) is 9.86. The fourth-order valence-corrected chi connectivity index (χ4v) is 2.39. The van der Waals surface area contributed by atoms with Crippen molar-refractivity contribution in [3.8, 4) is 0 Å². The Bertz CT molecular complexity index is 147. The lowest BCUT2D eigenvalue weighted by molar-refractivity contribution is -0.126. The molecule has 0 aromatic heterocycles.